The Morgan fingerprint density at radius 2 is 1.92 bits per heavy atom. The third kappa shape index (κ3) is 8.66. The molecule has 136 valence electrons. The Bertz CT molecular complexity index is 630. The number of carbonyl (C=O) groups is 1. The van der Waals surface area contributed by atoms with Gasteiger partial charge < -0.3 is 9.16 Å². The lowest BCUT2D eigenvalue weighted by Crippen LogP contribution is -2.43. The Hall–Kier alpha value is -1.90. The summed E-state index contributed by atoms with van der Waals surface area (Å²) < 4.78 is 11.5. The van der Waals surface area contributed by atoms with Gasteiger partial charge in [-0.3, -0.25) is 4.79 Å². The molecule has 0 heterocycles. The van der Waals surface area contributed by atoms with Crippen LogP contribution in [0.25, 0.3) is 0 Å². The first-order valence-electron chi connectivity index (χ1n) is 8.60. The quantitative estimate of drug-likeness (QED) is 0.354. The van der Waals surface area contributed by atoms with E-state index in [9.17, 15) is 10.1 Å². The molecule has 0 spiro atoms. The first-order chi connectivity index (χ1) is 11.7. The van der Waals surface area contributed by atoms with Crippen LogP contribution in [0.1, 0.15) is 39.2 Å². The number of carbonyl (C=O) groups excluding carboxylic acids is 1. The van der Waals surface area contributed by atoms with E-state index in [1.54, 1.807) is 6.92 Å². The molecule has 0 radical (unpaired) electrons. The van der Waals surface area contributed by atoms with Crippen molar-refractivity contribution in [2.75, 3.05) is 0 Å². The molecule has 0 N–H and O–H groups in total. The summed E-state index contributed by atoms with van der Waals surface area (Å²) in [7, 11) is -2.36. The van der Waals surface area contributed by atoms with Gasteiger partial charge in [0.2, 0.25) is 0 Å². The maximum atomic E-state index is 12.1. The van der Waals surface area contributed by atoms with Crippen LogP contribution in [0.2, 0.25) is 19.1 Å². The topological polar surface area (TPSA) is 59.3 Å². The monoisotopic (exact) mass is 359 g/mol. The highest BCUT2D eigenvalue weighted by atomic mass is 28.4. The highest BCUT2D eigenvalue weighted by Crippen LogP contribution is 2.26. The predicted octanol–water partition coefficient (Wildman–Crippen LogP) is 4.98. The zero-order valence-corrected chi connectivity index (χ0v) is 17.0. The molecule has 25 heavy (non-hydrogen) atoms. The molecule has 4 nitrogen and oxygen atoms in total. The minimum atomic E-state index is -2.36. The average Bonchev–Trinajstić information content (AvgIpc) is 2.52. The summed E-state index contributed by atoms with van der Waals surface area (Å²) >= 11 is 0. The molecule has 0 aliphatic rings. The molecule has 0 saturated carbocycles. The van der Waals surface area contributed by atoms with Gasteiger partial charge in [0.05, 0.1) is 12.1 Å². The van der Waals surface area contributed by atoms with Crippen molar-refractivity contribution in [2.24, 2.45) is 0 Å². The van der Waals surface area contributed by atoms with Crippen LogP contribution >= 0.6 is 0 Å². The molecule has 1 atom stereocenters. The van der Waals surface area contributed by atoms with Gasteiger partial charge in [-0.2, -0.15) is 5.26 Å². The van der Waals surface area contributed by atoms with E-state index in [1.165, 1.54) is 5.57 Å². The van der Waals surface area contributed by atoms with Crippen molar-refractivity contribution in [2.45, 2.75) is 65.0 Å². The molecule has 0 saturated heterocycles. The zero-order valence-electron chi connectivity index (χ0n) is 16.0. The smallest absolute Gasteiger partial charge is 0.305 e. The van der Waals surface area contributed by atoms with Gasteiger partial charge in [0.25, 0.3) is 0 Å². The lowest BCUT2D eigenvalue weighted by Gasteiger charge is -2.32. The number of hydrogen-bond donors (Lipinski definition) is 0. The number of benzene rings is 1. The second kappa shape index (κ2) is 9.55. The molecule has 0 aromatic heterocycles. The van der Waals surface area contributed by atoms with Gasteiger partial charge in [-0.1, -0.05) is 42.0 Å². The molecule has 5 heteroatoms. The summed E-state index contributed by atoms with van der Waals surface area (Å²) in [6.45, 7) is 10.0. The normalized spacial score (nSPS) is 13.4. The van der Waals surface area contributed by atoms with Gasteiger partial charge >= 0.3 is 5.97 Å². The standard InChI is InChI=1S/C20H29NO3Si/c1-17(2)10-9-13-20(3,16-21)24-25(4,5)15-19(22)23-14-18-11-7-6-8-12-18/h6-8,10-12H,9,13-15H2,1-5H3/t20-/m0/s1. The second-order valence-corrected chi connectivity index (χ2v) is 11.4. The number of nitrogens with zero attached hydrogens (tertiary/aromatic N) is 1. The summed E-state index contributed by atoms with van der Waals surface area (Å²) in [4.78, 5) is 12.1. The first-order valence-corrected chi connectivity index (χ1v) is 11.7. The average molecular weight is 360 g/mol. The van der Waals surface area contributed by atoms with Crippen LogP contribution in [0, 0.1) is 11.3 Å². The van der Waals surface area contributed by atoms with Gasteiger partial charge in [0.15, 0.2) is 8.32 Å². The molecular weight excluding hydrogens is 330 g/mol. The van der Waals surface area contributed by atoms with E-state index >= 15 is 0 Å². The first kappa shape index (κ1) is 21.1. The van der Waals surface area contributed by atoms with Gasteiger partial charge in [-0.25, -0.2) is 0 Å². The summed E-state index contributed by atoms with van der Waals surface area (Å²) in [5.74, 6) is -0.273. The SMILES string of the molecule is CC(C)=CCC[C@@](C)(C#N)O[Si](C)(C)CC(=O)OCc1ccccc1. The fourth-order valence-electron chi connectivity index (χ4n) is 2.55. The molecule has 0 bridgehead atoms. The highest BCUT2D eigenvalue weighted by molar-refractivity contribution is 6.74. The van der Waals surface area contributed by atoms with Crippen LogP contribution in [-0.2, 0) is 20.6 Å². The Labute approximate surface area is 152 Å². The molecule has 1 aromatic rings. The third-order valence-corrected chi connectivity index (χ3v) is 5.87. The fourth-order valence-corrected chi connectivity index (χ4v) is 4.79. The lowest BCUT2D eigenvalue weighted by atomic mass is 10.0. The van der Waals surface area contributed by atoms with Gasteiger partial charge in [-0.15, -0.1) is 0 Å². The number of esters is 1. The maximum absolute atomic E-state index is 12.1. The Kier molecular flexibility index (Phi) is 8.07. The molecular formula is C20H29NO3Si. The van der Waals surface area contributed by atoms with Crippen LogP contribution in [-0.4, -0.2) is 19.9 Å². The van der Waals surface area contributed by atoms with E-state index in [0.717, 1.165) is 12.0 Å². The number of ether oxygens (including phenoxy) is 1. The van der Waals surface area contributed by atoms with E-state index in [0.29, 0.717) is 6.42 Å². The third-order valence-electron chi connectivity index (χ3n) is 3.72. The molecule has 0 aliphatic heterocycles. The number of hydrogen-bond acceptors (Lipinski definition) is 4. The molecule has 0 aliphatic carbocycles. The zero-order chi connectivity index (χ0) is 18.9. The van der Waals surface area contributed by atoms with Crippen molar-refractivity contribution in [3.8, 4) is 6.07 Å². The number of rotatable bonds is 9. The van der Waals surface area contributed by atoms with Crippen LogP contribution in [0.15, 0.2) is 42.0 Å². The number of nitriles is 1. The summed E-state index contributed by atoms with van der Waals surface area (Å²) in [6.07, 6.45) is 3.50. The summed E-state index contributed by atoms with van der Waals surface area (Å²) in [5, 5.41) is 9.51. The summed E-state index contributed by atoms with van der Waals surface area (Å²) in [6, 6.07) is 12.1. The minimum absolute atomic E-state index is 0.236. The Morgan fingerprint density at radius 3 is 2.48 bits per heavy atom. The van der Waals surface area contributed by atoms with Crippen molar-refractivity contribution >= 4 is 14.3 Å². The van der Waals surface area contributed by atoms with E-state index in [1.807, 2.05) is 57.3 Å². The second-order valence-electron chi connectivity index (χ2n) is 7.35. The Morgan fingerprint density at radius 1 is 1.28 bits per heavy atom. The largest absolute Gasteiger partial charge is 0.461 e. The fraction of sp³-hybridized carbons (Fsp3) is 0.500. The lowest BCUT2D eigenvalue weighted by molar-refractivity contribution is -0.142. The van der Waals surface area contributed by atoms with Crippen molar-refractivity contribution in [1.82, 2.24) is 0 Å². The van der Waals surface area contributed by atoms with Crippen molar-refractivity contribution in [1.29, 1.82) is 5.26 Å². The van der Waals surface area contributed by atoms with Crippen LogP contribution in [0.5, 0.6) is 0 Å². The molecule has 1 rings (SSSR count). The van der Waals surface area contributed by atoms with Crippen molar-refractivity contribution < 1.29 is 14.0 Å². The molecule has 0 unspecified atom stereocenters. The molecule has 0 amide bonds. The van der Waals surface area contributed by atoms with Gasteiger partial charge in [0.1, 0.15) is 12.2 Å². The minimum Gasteiger partial charge on any atom is -0.461 e. The van der Waals surface area contributed by atoms with Crippen LogP contribution in [0.4, 0.5) is 0 Å². The van der Waals surface area contributed by atoms with Crippen LogP contribution in [0.3, 0.4) is 0 Å². The van der Waals surface area contributed by atoms with Crippen LogP contribution < -0.4 is 0 Å². The Balaban J connectivity index is 2.55. The van der Waals surface area contributed by atoms with Crippen molar-refractivity contribution in [3.63, 3.8) is 0 Å². The maximum Gasteiger partial charge on any atom is 0.305 e. The van der Waals surface area contributed by atoms with E-state index in [-0.39, 0.29) is 18.6 Å². The van der Waals surface area contributed by atoms with E-state index in [2.05, 4.69) is 12.1 Å². The van der Waals surface area contributed by atoms with Gasteiger partial charge in [0, 0.05) is 0 Å². The van der Waals surface area contributed by atoms with E-state index in [4.69, 9.17) is 9.16 Å². The number of allylic oxidation sites excluding steroid dienone is 2. The van der Waals surface area contributed by atoms with Gasteiger partial charge in [-0.05, 0) is 52.3 Å². The summed E-state index contributed by atoms with van der Waals surface area (Å²) in [5.41, 5.74) is 1.31. The molecule has 0 fully saturated rings. The molecule has 1 aromatic carbocycles. The predicted molar refractivity (Wildman–Crippen MR) is 102 cm³/mol. The van der Waals surface area contributed by atoms with Crippen molar-refractivity contribution in [3.05, 3.63) is 47.5 Å². The highest BCUT2D eigenvalue weighted by Gasteiger charge is 2.36. The van der Waals surface area contributed by atoms with E-state index < -0.39 is 13.9 Å².